The Hall–Kier alpha value is -2.28. The van der Waals surface area contributed by atoms with Gasteiger partial charge in [0.2, 0.25) is 18.3 Å². The van der Waals surface area contributed by atoms with E-state index in [-0.39, 0.29) is 6.79 Å². The van der Waals surface area contributed by atoms with Crippen molar-refractivity contribution >= 4 is 0 Å². The Morgan fingerprint density at radius 1 is 1.16 bits per heavy atom. The summed E-state index contributed by atoms with van der Waals surface area (Å²) in [5.41, 5.74) is 2.38. The quantitative estimate of drug-likeness (QED) is 0.766. The zero-order chi connectivity index (χ0) is 14.0. The standard InChI is InChI=1S/C15H16O4/c1-9(2)6-7-11-10(3)12-15(19-8-18-12)14(17-5)13(11)16-4/h1,8H2,2-5H3. The molecular formula is C15H16O4. The molecule has 0 bridgehead atoms. The van der Waals surface area contributed by atoms with Crippen LogP contribution in [0.25, 0.3) is 0 Å². The lowest BCUT2D eigenvalue weighted by molar-refractivity contribution is 0.170. The number of allylic oxidation sites excluding steroid dienone is 1. The molecule has 0 N–H and O–H groups in total. The molecule has 0 radical (unpaired) electrons. The van der Waals surface area contributed by atoms with Gasteiger partial charge in [0.05, 0.1) is 19.8 Å². The van der Waals surface area contributed by atoms with Crippen LogP contribution in [0, 0.1) is 18.8 Å². The van der Waals surface area contributed by atoms with Crippen molar-refractivity contribution < 1.29 is 18.9 Å². The van der Waals surface area contributed by atoms with Crippen LogP contribution >= 0.6 is 0 Å². The van der Waals surface area contributed by atoms with Crippen molar-refractivity contribution in [3.05, 3.63) is 23.3 Å². The number of fused-ring (bicyclic) bond motifs is 1. The molecule has 0 saturated heterocycles. The molecule has 100 valence electrons. The summed E-state index contributed by atoms with van der Waals surface area (Å²) in [5, 5.41) is 0. The van der Waals surface area contributed by atoms with Gasteiger partial charge >= 0.3 is 0 Å². The van der Waals surface area contributed by atoms with Gasteiger partial charge in [0.1, 0.15) is 0 Å². The van der Waals surface area contributed by atoms with E-state index >= 15 is 0 Å². The maximum absolute atomic E-state index is 5.47. The van der Waals surface area contributed by atoms with Gasteiger partial charge in [0.15, 0.2) is 11.5 Å². The Morgan fingerprint density at radius 2 is 1.79 bits per heavy atom. The summed E-state index contributed by atoms with van der Waals surface area (Å²) < 4.78 is 21.7. The highest BCUT2D eigenvalue weighted by molar-refractivity contribution is 5.71. The maximum Gasteiger partial charge on any atom is 0.231 e. The minimum atomic E-state index is 0.174. The van der Waals surface area contributed by atoms with Crippen molar-refractivity contribution in [1.29, 1.82) is 0 Å². The Balaban J connectivity index is 2.72. The van der Waals surface area contributed by atoms with Crippen molar-refractivity contribution in [3.63, 3.8) is 0 Å². The third kappa shape index (κ3) is 2.19. The van der Waals surface area contributed by atoms with Gasteiger partial charge in [-0.3, -0.25) is 0 Å². The lowest BCUT2D eigenvalue weighted by Gasteiger charge is -2.14. The molecule has 1 aromatic carbocycles. The molecule has 4 heteroatoms. The Labute approximate surface area is 112 Å². The summed E-state index contributed by atoms with van der Waals surface area (Å²) in [5.74, 6) is 8.27. The fraction of sp³-hybridized carbons (Fsp3) is 0.333. The highest BCUT2D eigenvalue weighted by atomic mass is 16.7. The minimum Gasteiger partial charge on any atom is -0.491 e. The zero-order valence-electron chi connectivity index (χ0n) is 11.5. The molecular weight excluding hydrogens is 244 g/mol. The van der Waals surface area contributed by atoms with Crippen LogP contribution in [0.4, 0.5) is 0 Å². The Morgan fingerprint density at radius 3 is 2.37 bits per heavy atom. The second-order valence-electron chi connectivity index (χ2n) is 4.16. The predicted octanol–water partition coefficient (Wildman–Crippen LogP) is 2.67. The molecule has 19 heavy (non-hydrogen) atoms. The van der Waals surface area contributed by atoms with Gasteiger partial charge in [-0.2, -0.15) is 0 Å². The van der Waals surface area contributed by atoms with Crippen molar-refractivity contribution in [2.24, 2.45) is 0 Å². The lowest BCUT2D eigenvalue weighted by Crippen LogP contribution is -1.98. The van der Waals surface area contributed by atoms with Crippen LogP contribution in [-0.4, -0.2) is 21.0 Å². The normalized spacial score (nSPS) is 11.6. The van der Waals surface area contributed by atoms with Crippen LogP contribution in [0.2, 0.25) is 0 Å². The second-order valence-corrected chi connectivity index (χ2v) is 4.16. The van der Waals surface area contributed by atoms with E-state index in [0.29, 0.717) is 23.0 Å². The van der Waals surface area contributed by atoms with E-state index in [2.05, 4.69) is 18.4 Å². The van der Waals surface area contributed by atoms with Crippen LogP contribution in [-0.2, 0) is 0 Å². The van der Waals surface area contributed by atoms with Crippen molar-refractivity contribution in [3.8, 4) is 34.8 Å². The first-order chi connectivity index (χ1) is 9.10. The molecule has 0 aliphatic carbocycles. The van der Waals surface area contributed by atoms with E-state index in [1.165, 1.54) is 0 Å². The molecule has 1 aliphatic rings. The monoisotopic (exact) mass is 260 g/mol. The lowest BCUT2D eigenvalue weighted by atomic mass is 10.0. The van der Waals surface area contributed by atoms with Gasteiger partial charge in [0, 0.05) is 5.56 Å². The molecule has 1 aliphatic heterocycles. The van der Waals surface area contributed by atoms with E-state index in [1.807, 2.05) is 13.8 Å². The van der Waals surface area contributed by atoms with Crippen molar-refractivity contribution in [2.45, 2.75) is 13.8 Å². The summed E-state index contributed by atoms with van der Waals surface area (Å²) in [4.78, 5) is 0. The van der Waals surface area contributed by atoms with Gasteiger partial charge in [-0.1, -0.05) is 18.4 Å². The Bertz CT molecular complexity index is 591. The van der Waals surface area contributed by atoms with Gasteiger partial charge in [-0.15, -0.1) is 0 Å². The average molecular weight is 260 g/mol. The van der Waals surface area contributed by atoms with Gasteiger partial charge < -0.3 is 18.9 Å². The minimum absolute atomic E-state index is 0.174. The summed E-state index contributed by atoms with van der Waals surface area (Å²) in [7, 11) is 3.14. The second kappa shape index (κ2) is 5.15. The van der Waals surface area contributed by atoms with E-state index in [4.69, 9.17) is 18.9 Å². The molecule has 0 fully saturated rings. The first-order valence-corrected chi connectivity index (χ1v) is 5.81. The molecule has 4 nitrogen and oxygen atoms in total. The number of methoxy groups -OCH3 is 2. The van der Waals surface area contributed by atoms with Crippen LogP contribution < -0.4 is 18.9 Å². The van der Waals surface area contributed by atoms with Crippen molar-refractivity contribution in [2.75, 3.05) is 21.0 Å². The molecule has 0 aromatic heterocycles. The van der Waals surface area contributed by atoms with E-state index < -0.39 is 0 Å². The molecule has 0 saturated carbocycles. The molecule has 0 unspecified atom stereocenters. The average Bonchev–Trinajstić information content (AvgIpc) is 2.86. The molecule has 1 heterocycles. The van der Waals surface area contributed by atoms with Crippen LogP contribution in [0.3, 0.4) is 0 Å². The van der Waals surface area contributed by atoms with Crippen LogP contribution in [0.15, 0.2) is 12.2 Å². The SMILES string of the molecule is C=C(C)C#Cc1c(C)c2c(c(OC)c1OC)OCO2. The molecule has 1 aromatic rings. The molecule has 2 rings (SSSR count). The van der Waals surface area contributed by atoms with E-state index in [9.17, 15) is 0 Å². The van der Waals surface area contributed by atoms with E-state index in [1.54, 1.807) is 14.2 Å². The smallest absolute Gasteiger partial charge is 0.231 e. The van der Waals surface area contributed by atoms with Crippen LogP contribution in [0.5, 0.6) is 23.0 Å². The number of hydrogen-bond acceptors (Lipinski definition) is 4. The fourth-order valence-corrected chi connectivity index (χ4v) is 1.93. The van der Waals surface area contributed by atoms with Gasteiger partial charge in [0.25, 0.3) is 0 Å². The molecule has 0 amide bonds. The number of rotatable bonds is 2. The summed E-state index contributed by atoms with van der Waals surface area (Å²) in [6, 6.07) is 0. The number of ether oxygens (including phenoxy) is 4. The topological polar surface area (TPSA) is 36.9 Å². The fourth-order valence-electron chi connectivity index (χ4n) is 1.93. The summed E-state index contributed by atoms with van der Waals surface area (Å²) >= 11 is 0. The molecule has 0 atom stereocenters. The number of hydrogen-bond donors (Lipinski definition) is 0. The predicted molar refractivity (Wildman–Crippen MR) is 72.1 cm³/mol. The third-order valence-corrected chi connectivity index (χ3v) is 2.78. The summed E-state index contributed by atoms with van der Waals surface area (Å²) in [6.07, 6.45) is 0. The van der Waals surface area contributed by atoms with Gasteiger partial charge in [-0.25, -0.2) is 0 Å². The zero-order valence-corrected chi connectivity index (χ0v) is 11.5. The first kappa shape index (κ1) is 13.2. The third-order valence-electron chi connectivity index (χ3n) is 2.78. The highest BCUT2D eigenvalue weighted by Gasteiger charge is 2.28. The summed E-state index contributed by atoms with van der Waals surface area (Å²) in [6.45, 7) is 7.70. The highest BCUT2D eigenvalue weighted by Crippen LogP contribution is 2.51. The van der Waals surface area contributed by atoms with Crippen LogP contribution in [0.1, 0.15) is 18.1 Å². The van der Waals surface area contributed by atoms with Crippen molar-refractivity contribution in [1.82, 2.24) is 0 Å². The largest absolute Gasteiger partial charge is 0.491 e. The maximum atomic E-state index is 5.47. The van der Waals surface area contributed by atoms with Gasteiger partial charge in [-0.05, 0) is 19.4 Å². The van der Waals surface area contributed by atoms with E-state index in [0.717, 1.165) is 16.7 Å². The first-order valence-electron chi connectivity index (χ1n) is 5.81. The molecule has 0 spiro atoms. The Kier molecular flexibility index (Phi) is 3.57. The number of benzene rings is 1.